The number of urea groups is 1. The highest BCUT2D eigenvalue weighted by Gasteiger charge is 2.40. The van der Waals surface area contributed by atoms with Gasteiger partial charge in [0, 0.05) is 37.5 Å². The van der Waals surface area contributed by atoms with Gasteiger partial charge in [-0.25, -0.2) is 4.79 Å². The Morgan fingerprint density at radius 1 is 1.42 bits per heavy atom. The summed E-state index contributed by atoms with van der Waals surface area (Å²) in [6, 6.07) is 0.401. The largest absolute Gasteiger partial charge is 0.383 e. The predicted octanol–water partition coefficient (Wildman–Crippen LogP) is 2.87. The molecule has 0 saturated heterocycles. The number of hydrogen-bond acceptors (Lipinski definition) is 3. The maximum atomic E-state index is 12.6. The van der Waals surface area contributed by atoms with Crippen molar-refractivity contribution in [1.82, 2.24) is 20.0 Å². The molecule has 1 aliphatic carbocycles. The summed E-state index contributed by atoms with van der Waals surface area (Å²) in [4.78, 5) is 14.5. The Hall–Kier alpha value is -1.56. The van der Waals surface area contributed by atoms with E-state index in [4.69, 9.17) is 4.74 Å². The monoisotopic (exact) mass is 336 g/mol. The van der Waals surface area contributed by atoms with Crippen LogP contribution in [0.2, 0.25) is 0 Å². The highest BCUT2D eigenvalue weighted by Crippen LogP contribution is 2.42. The molecule has 6 nitrogen and oxygen atoms in total. The van der Waals surface area contributed by atoms with Gasteiger partial charge in [-0.1, -0.05) is 13.8 Å². The first-order valence-electron chi connectivity index (χ1n) is 8.85. The van der Waals surface area contributed by atoms with Gasteiger partial charge in [-0.05, 0) is 39.0 Å². The molecule has 0 unspecified atom stereocenters. The second kappa shape index (κ2) is 7.55. The molecule has 1 aromatic heterocycles. The summed E-state index contributed by atoms with van der Waals surface area (Å²) in [5, 5.41) is 7.62. The lowest BCUT2D eigenvalue weighted by Crippen LogP contribution is -2.53. The zero-order valence-corrected chi connectivity index (χ0v) is 16.0. The van der Waals surface area contributed by atoms with E-state index in [0.717, 1.165) is 42.9 Å². The van der Waals surface area contributed by atoms with Gasteiger partial charge < -0.3 is 15.0 Å². The molecule has 136 valence electrons. The first-order chi connectivity index (χ1) is 11.3. The van der Waals surface area contributed by atoms with Crippen molar-refractivity contribution in [2.75, 3.05) is 20.3 Å². The average molecular weight is 336 g/mol. The fraction of sp³-hybridized carbons (Fsp3) is 0.778. The molecule has 1 aromatic rings. The molecular weight excluding hydrogens is 304 g/mol. The molecule has 1 saturated carbocycles. The number of hydrogen-bond donors (Lipinski definition) is 1. The molecule has 1 fully saturated rings. The van der Waals surface area contributed by atoms with Crippen LogP contribution in [0.4, 0.5) is 4.79 Å². The Morgan fingerprint density at radius 3 is 2.62 bits per heavy atom. The van der Waals surface area contributed by atoms with E-state index in [1.807, 2.05) is 30.4 Å². The summed E-state index contributed by atoms with van der Waals surface area (Å²) in [5.74, 6) is 0. The van der Waals surface area contributed by atoms with Crippen molar-refractivity contribution in [3.8, 4) is 0 Å². The fourth-order valence-electron chi connectivity index (χ4n) is 3.65. The van der Waals surface area contributed by atoms with Crippen LogP contribution in [-0.2, 0) is 17.8 Å². The van der Waals surface area contributed by atoms with Crippen molar-refractivity contribution in [3.63, 3.8) is 0 Å². The number of methoxy groups -OCH3 is 1. The minimum Gasteiger partial charge on any atom is -0.383 e. The number of rotatable bonds is 7. The zero-order valence-electron chi connectivity index (χ0n) is 16.0. The van der Waals surface area contributed by atoms with Crippen molar-refractivity contribution in [2.45, 2.75) is 66.6 Å². The summed E-state index contributed by atoms with van der Waals surface area (Å²) in [7, 11) is 1.69. The van der Waals surface area contributed by atoms with Gasteiger partial charge in [0.15, 0.2) is 0 Å². The quantitative estimate of drug-likeness (QED) is 0.833. The average Bonchev–Trinajstić information content (AvgIpc) is 2.76. The van der Waals surface area contributed by atoms with E-state index in [2.05, 4.69) is 24.3 Å². The molecule has 1 heterocycles. The fourth-order valence-corrected chi connectivity index (χ4v) is 3.65. The molecule has 1 aliphatic rings. The van der Waals surface area contributed by atoms with Crippen LogP contribution in [0, 0.1) is 19.3 Å². The summed E-state index contributed by atoms with van der Waals surface area (Å²) >= 11 is 0. The Labute approximate surface area is 145 Å². The lowest BCUT2D eigenvalue weighted by molar-refractivity contribution is 0.0497. The minimum atomic E-state index is 0.0291. The lowest BCUT2D eigenvalue weighted by atomic mass is 9.68. The number of nitrogens with one attached hydrogen (secondary N) is 1. The van der Waals surface area contributed by atoms with Crippen LogP contribution in [0.3, 0.4) is 0 Å². The van der Waals surface area contributed by atoms with Gasteiger partial charge in [-0.15, -0.1) is 0 Å². The van der Waals surface area contributed by atoms with Crippen molar-refractivity contribution in [1.29, 1.82) is 0 Å². The molecule has 6 heteroatoms. The smallest absolute Gasteiger partial charge is 0.317 e. The Kier molecular flexibility index (Phi) is 5.91. The molecule has 0 atom stereocenters. The zero-order chi connectivity index (χ0) is 17.9. The number of nitrogens with zero attached hydrogens (tertiary/aromatic N) is 3. The van der Waals surface area contributed by atoms with Crippen LogP contribution < -0.4 is 5.32 Å². The van der Waals surface area contributed by atoms with E-state index in [1.165, 1.54) is 0 Å². The Morgan fingerprint density at radius 2 is 2.08 bits per heavy atom. The first kappa shape index (κ1) is 18.8. The third-order valence-electron chi connectivity index (χ3n) is 5.07. The third kappa shape index (κ3) is 4.09. The lowest BCUT2D eigenvalue weighted by Gasteiger charge is -2.47. The standard InChI is InChI=1S/C18H32N4O2/c1-7-21(15-10-18(4,5)11-15)17(23)19-12-16-13(2)20-22(14(16)3)8-9-24-6/h15H,7-12H2,1-6H3,(H,19,23). The normalized spacial score (nSPS) is 16.8. The second-order valence-electron chi connectivity index (χ2n) is 7.54. The number of carbonyl (C=O) groups excluding carboxylic acids is 1. The molecule has 0 spiro atoms. The van der Waals surface area contributed by atoms with E-state index in [1.54, 1.807) is 7.11 Å². The molecule has 24 heavy (non-hydrogen) atoms. The number of aromatic nitrogens is 2. The van der Waals surface area contributed by atoms with Crippen LogP contribution in [0.1, 0.15) is 50.6 Å². The van der Waals surface area contributed by atoms with E-state index in [-0.39, 0.29) is 6.03 Å². The number of carbonyl (C=O) groups is 1. The van der Waals surface area contributed by atoms with Crippen LogP contribution in [-0.4, -0.2) is 47.0 Å². The van der Waals surface area contributed by atoms with Crippen LogP contribution >= 0.6 is 0 Å². The van der Waals surface area contributed by atoms with Crippen molar-refractivity contribution < 1.29 is 9.53 Å². The van der Waals surface area contributed by atoms with Crippen molar-refractivity contribution in [3.05, 3.63) is 17.0 Å². The molecule has 0 aromatic carbocycles. The van der Waals surface area contributed by atoms with E-state index in [9.17, 15) is 4.79 Å². The summed E-state index contributed by atoms with van der Waals surface area (Å²) in [6.45, 7) is 13.2. The third-order valence-corrected chi connectivity index (χ3v) is 5.07. The van der Waals surface area contributed by atoms with Gasteiger partial charge in [0.25, 0.3) is 0 Å². The molecule has 2 rings (SSSR count). The highest BCUT2D eigenvalue weighted by molar-refractivity contribution is 5.74. The summed E-state index contributed by atoms with van der Waals surface area (Å²) in [5.41, 5.74) is 3.53. The first-order valence-corrected chi connectivity index (χ1v) is 8.85. The molecule has 2 amide bonds. The van der Waals surface area contributed by atoms with Gasteiger partial charge in [-0.2, -0.15) is 5.10 Å². The SMILES string of the molecule is CCN(C(=O)NCc1c(C)nn(CCOC)c1C)C1CC(C)(C)C1. The summed E-state index contributed by atoms with van der Waals surface area (Å²) in [6.07, 6.45) is 2.17. The van der Waals surface area contributed by atoms with E-state index >= 15 is 0 Å². The van der Waals surface area contributed by atoms with Gasteiger partial charge in [-0.3, -0.25) is 4.68 Å². The van der Waals surface area contributed by atoms with Gasteiger partial charge in [0.2, 0.25) is 0 Å². The topological polar surface area (TPSA) is 59.4 Å². The van der Waals surface area contributed by atoms with Crippen molar-refractivity contribution >= 4 is 6.03 Å². The van der Waals surface area contributed by atoms with E-state index < -0.39 is 0 Å². The van der Waals surface area contributed by atoms with Crippen LogP contribution in [0.15, 0.2) is 0 Å². The highest BCUT2D eigenvalue weighted by atomic mass is 16.5. The van der Waals surface area contributed by atoms with Gasteiger partial charge >= 0.3 is 6.03 Å². The molecular formula is C18H32N4O2. The second-order valence-corrected chi connectivity index (χ2v) is 7.54. The maximum absolute atomic E-state index is 12.6. The van der Waals surface area contributed by atoms with Crippen molar-refractivity contribution in [2.24, 2.45) is 5.41 Å². The van der Waals surface area contributed by atoms with Gasteiger partial charge in [0.05, 0.1) is 18.8 Å². The summed E-state index contributed by atoms with van der Waals surface area (Å²) < 4.78 is 7.07. The minimum absolute atomic E-state index is 0.0291. The maximum Gasteiger partial charge on any atom is 0.317 e. The molecule has 0 bridgehead atoms. The number of ether oxygens (including phenoxy) is 1. The Bertz CT molecular complexity index is 572. The predicted molar refractivity (Wildman–Crippen MR) is 95.0 cm³/mol. The number of aryl methyl sites for hydroxylation is 1. The van der Waals surface area contributed by atoms with E-state index in [0.29, 0.717) is 24.6 Å². The van der Waals surface area contributed by atoms with Gasteiger partial charge in [0.1, 0.15) is 0 Å². The van der Waals surface area contributed by atoms with Crippen LogP contribution in [0.25, 0.3) is 0 Å². The molecule has 1 N–H and O–H groups in total. The Balaban J connectivity index is 1.94. The molecule has 0 aliphatic heterocycles. The van der Waals surface area contributed by atoms with Crippen LogP contribution in [0.5, 0.6) is 0 Å². The number of amides is 2. The molecule has 0 radical (unpaired) electrons.